The Morgan fingerprint density at radius 2 is 1.36 bits per heavy atom. The summed E-state index contributed by atoms with van der Waals surface area (Å²) in [6, 6.07) is 9.44. The van der Waals surface area contributed by atoms with Gasteiger partial charge in [0.15, 0.2) is 0 Å². The Morgan fingerprint density at radius 3 is 1.50 bits per heavy atom. The topological polar surface area (TPSA) is 51.2 Å². The van der Waals surface area contributed by atoms with Crippen molar-refractivity contribution in [2.24, 2.45) is 0 Å². The van der Waals surface area contributed by atoms with Gasteiger partial charge in [0.25, 0.3) is 0 Å². The Balaban J connectivity index is 0.000000241. The number of carbonyl (C=O) groups excluding carboxylic acids is 3. The van der Waals surface area contributed by atoms with E-state index in [1.807, 2.05) is 30.3 Å². The number of rotatable bonds is 0. The summed E-state index contributed by atoms with van der Waals surface area (Å²) >= 11 is 3.07. The van der Waals surface area contributed by atoms with Gasteiger partial charge in [0.1, 0.15) is 0 Å². The molecule has 0 saturated heterocycles. The summed E-state index contributed by atoms with van der Waals surface area (Å²) in [5.41, 5.74) is 0. The van der Waals surface area contributed by atoms with Crippen molar-refractivity contribution < 1.29 is 27.2 Å². The van der Waals surface area contributed by atoms with Crippen LogP contribution in [0.1, 0.15) is 0 Å². The van der Waals surface area contributed by atoms with Crippen LogP contribution in [0.25, 0.3) is 0 Å². The van der Waals surface area contributed by atoms with Gasteiger partial charge >= 0.3 is 41.5 Å². The average Bonchev–Trinajstić information content (AvgIpc) is 2.22. The first-order chi connectivity index (χ1) is 6.74. The Bertz CT molecular complexity index is 443. The normalized spacial score (nSPS) is 6.93. The summed E-state index contributed by atoms with van der Waals surface area (Å²) in [5.74, 6) is 0. The van der Waals surface area contributed by atoms with Gasteiger partial charge in [0.2, 0.25) is 0 Å². The van der Waals surface area contributed by atoms with Crippen LogP contribution in [0.4, 0.5) is 0 Å². The SMILES string of the molecule is Clc1ccccc1.O=[C]=[Cr](=[C]=O)=[C]=O. The van der Waals surface area contributed by atoms with Crippen molar-refractivity contribution in [1.82, 2.24) is 0 Å². The third-order valence-electron chi connectivity index (χ3n) is 0.983. The monoisotopic (exact) mass is 248 g/mol. The Kier molecular flexibility index (Phi) is 7.65. The van der Waals surface area contributed by atoms with Crippen LogP contribution in [-0.2, 0) is 27.2 Å². The fourth-order valence-corrected chi connectivity index (χ4v) is 0.771. The molecular formula is C9H5ClCrO3. The van der Waals surface area contributed by atoms with Crippen LogP contribution in [0.3, 0.4) is 0 Å². The molecule has 1 aromatic carbocycles. The molecule has 1 aromatic rings. The van der Waals surface area contributed by atoms with Gasteiger partial charge in [-0.25, -0.2) is 0 Å². The summed E-state index contributed by atoms with van der Waals surface area (Å²) in [6.45, 7) is 0. The maximum atomic E-state index is 9.37. The van der Waals surface area contributed by atoms with Gasteiger partial charge in [-0.2, -0.15) is 0 Å². The fraction of sp³-hybridized carbons (Fsp3) is 0. The second kappa shape index (κ2) is 8.38. The summed E-state index contributed by atoms with van der Waals surface area (Å²) in [6.07, 6.45) is 0. The van der Waals surface area contributed by atoms with Crippen molar-refractivity contribution in [2.75, 3.05) is 0 Å². The molecule has 0 aromatic heterocycles. The van der Waals surface area contributed by atoms with Crippen LogP contribution in [0.15, 0.2) is 30.3 Å². The third kappa shape index (κ3) is 6.32. The van der Waals surface area contributed by atoms with E-state index in [-0.39, 0.29) is 0 Å². The molecule has 0 amide bonds. The summed E-state index contributed by atoms with van der Waals surface area (Å²) in [7, 11) is 0. The molecule has 0 atom stereocenters. The number of hydrogen-bond acceptors (Lipinski definition) is 3. The first-order valence-corrected chi connectivity index (χ1v) is 5.61. The fourth-order valence-electron chi connectivity index (χ4n) is 0.466. The van der Waals surface area contributed by atoms with Crippen molar-refractivity contribution in [3.8, 4) is 0 Å². The summed E-state index contributed by atoms with van der Waals surface area (Å²) < 4.78 is 3.69. The molecule has 0 fully saturated rings. The minimum atomic E-state index is -2.47. The van der Waals surface area contributed by atoms with Crippen molar-refractivity contribution >= 4 is 25.8 Å². The summed E-state index contributed by atoms with van der Waals surface area (Å²) in [5, 5.41) is 0.794. The molecule has 0 aliphatic heterocycles. The van der Waals surface area contributed by atoms with E-state index in [2.05, 4.69) is 0 Å². The standard InChI is InChI=1S/C6H5Cl.3CO.Cr/c7-6-4-2-1-3-5-6;3*1-2;/h1-5H;;;;. The van der Waals surface area contributed by atoms with E-state index in [0.717, 1.165) is 5.02 Å². The van der Waals surface area contributed by atoms with Gasteiger partial charge in [0, 0.05) is 5.02 Å². The van der Waals surface area contributed by atoms with Gasteiger partial charge < -0.3 is 0 Å². The zero-order chi connectivity index (χ0) is 10.8. The predicted molar refractivity (Wildman–Crippen MR) is 48.5 cm³/mol. The molecule has 0 aliphatic carbocycles. The van der Waals surface area contributed by atoms with Crippen LogP contribution in [-0.4, -0.2) is 14.2 Å². The van der Waals surface area contributed by atoms with Gasteiger partial charge in [-0.15, -0.1) is 0 Å². The van der Waals surface area contributed by atoms with Crippen molar-refractivity contribution in [3.63, 3.8) is 0 Å². The molecule has 0 bridgehead atoms. The van der Waals surface area contributed by atoms with Crippen LogP contribution in [0.5, 0.6) is 0 Å². The quantitative estimate of drug-likeness (QED) is 0.692. The zero-order valence-corrected chi connectivity index (χ0v) is 8.93. The first kappa shape index (κ1) is 12.8. The van der Waals surface area contributed by atoms with E-state index in [1.165, 1.54) is 14.2 Å². The molecule has 0 radical (unpaired) electrons. The molecule has 0 aliphatic rings. The molecule has 0 unspecified atom stereocenters. The molecular weight excluding hydrogens is 244 g/mol. The van der Waals surface area contributed by atoms with Gasteiger partial charge in [0.05, 0.1) is 0 Å². The molecule has 0 N–H and O–H groups in total. The molecule has 1 rings (SSSR count). The Hall–Kier alpha value is -1.22. The van der Waals surface area contributed by atoms with Crippen LogP contribution < -0.4 is 0 Å². The number of benzene rings is 1. The van der Waals surface area contributed by atoms with Crippen molar-refractivity contribution in [3.05, 3.63) is 35.4 Å². The second-order valence-electron chi connectivity index (χ2n) is 1.85. The Morgan fingerprint density at radius 1 is 0.929 bits per heavy atom. The predicted octanol–water partition coefficient (Wildman–Crippen LogP) is 1.15. The second-order valence-corrected chi connectivity index (χ2v) is 4.03. The number of halogens is 1. The van der Waals surface area contributed by atoms with Gasteiger partial charge in [-0.1, -0.05) is 29.8 Å². The molecule has 0 spiro atoms. The van der Waals surface area contributed by atoms with E-state index >= 15 is 0 Å². The van der Waals surface area contributed by atoms with E-state index < -0.39 is 12.8 Å². The molecule has 3 nitrogen and oxygen atoms in total. The van der Waals surface area contributed by atoms with E-state index in [1.54, 1.807) is 0 Å². The molecule has 72 valence electrons. The van der Waals surface area contributed by atoms with Crippen molar-refractivity contribution in [1.29, 1.82) is 0 Å². The van der Waals surface area contributed by atoms with Crippen LogP contribution >= 0.6 is 11.6 Å². The number of hydrogen-bond donors (Lipinski definition) is 0. The molecule has 0 heterocycles. The third-order valence-corrected chi connectivity index (χ3v) is 2.02. The van der Waals surface area contributed by atoms with E-state index in [9.17, 15) is 14.4 Å². The minimum absolute atomic E-state index is 0.794. The summed E-state index contributed by atoms with van der Waals surface area (Å²) in [4.78, 5) is 28.1. The van der Waals surface area contributed by atoms with Gasteiger partial charge in [-0.3, -0.25) is 0 Å². The molecule has 14 heavy (non-hydrogen) atoms. The van der Waals surface area contributed by atoms with E-state index in [4.69, 9.17) is 11.6 Å². The van der Waals surface area contributed by atoms with Crippen LogP contribution in [0.2, 0.25) is 5.02 Å². The van der Waals surface area contributed by atoms with Crippen LogP contribution in [0, 0.1) is 0 Å². The maximum absolute atomic E-state index is 9.37. The van der Waals surface area contributed by atoms with Gasteiger partial charge in [-0.05, 0) is 12.1 Å². The zero-order valence-electron chi connectivity index (χ0n) is 6.90. The molecule has 0 saturated carbocycles. The van der Waals surface area contributed by atoms with E-state index in [0.29, 0.717) is 0 Å². The molecule has 5 heteroatoms. The average molecular weight is 249 g/mol. The van der Waals surface area contributed by atoms with Crippen molar-refractivity contribution in [2.45, 2.75) is 0 Å². The first-order valence-electron chi connectivity index (χ1n) is 3.32. The Labute approximate surface area is 88.6 Å².